The molecule has 0 aliphatic rings. The maximum Gasteiger partial charge on any atom is 0.0558 e. The Bertz CT molecular complexity index is 148. The van der Waals surface area contributed by atoms with Crippen LogP contribution in [0.25, 0.3) is 0 Å². The molecule has 0 amide bonds. The fourth-order valence-corrected chi connectivity index (χ4v) is 2.21. The highest BCUT2D eigenvalue weighted by Crippen LogP contribution is 2.09. The van der Waals surface area contributed by atoms with Crippen molar-refractivity contribution in [2.24, 2.45) is 0 Å². The fourth-order valence-electron chi connectivity index (χ4n) is 2.21. The highest BCUT2D eigenvalue weighted by atomic mass is 16.3. The number of unbranched alkanes of at least 4 members (excludes halogenated alkanes) is 7. The molecule has 0 radical (unpaired) electrons. The third kappa shape index (κ3) is 10.8. The Hall–Kier alpha value is -0.0800. The lowest BCUT2D eigenvalue weighted by molar-refractivity contribution is 0.163. The van der Waals surface area contributed by atoms with Crippen LogP contribution >= 0.6 is 0 Å². The zero-order valence-electron chi connectivity index (χ0n) is 12.2. The van der Waals surface area contributed by atoms with Gasteiger partial charge in [0.15, 0.2) is 0 Å². The number of aliphatic hydroxyl groups is 1. The van der Waals surface area contributed by atoms with Gasteiger partial charge in [0.2, 0.25) is 0 Å². The Morgan fingerprint density at radius 2 is 1.35 bits per heavy atom. The summed E-state index contributed by atoms with van der Waals surface area (Å²) in [5.74, 6) is 0. The van der Waals surface area contributed by atoms with Crippen LogP contribution in [0, 0.1) is 0 Å². The van der Waals surface area contributed by atoms with E-state index in [1.54, 1.807) is 0 Å². The molecule has 1 N–H and O–H groups in total. The summed E-state index contributed by atoms with van der Waals surface area (Å²) in [6.07, 6.45) is 11.0. The predicted molar refractivity (Wildman–Crippen MR) is 76.4 cm³/mol. The van der Waals surface area contributed by atoms with E-state index in [1.807, 2.05) is 0 Å². The van der Waals surface area contributed by atoms with Crippen molar-refractivity contribution < 1.29 is 5.11 Å². The molecule has 0 heterocycles. The van der Waals surface area contributed by atoms with Gasteiger partial charge in [-0.15, -0.1) is 0 Å². The van der Waals surface area contributed by atoms with Crippen LogP contribution in [-0.2, 0) is 0 Å². The molecule has 17 heavy (non-hydrogen) atoms. The van der Waals surface area contributed by atoms with E-state index >= 15 is 0 Å². The van der Waals surface area contributed by atoms with Gasteiger partial charge in [-0.05, 0) is 26.8 Å². The van der Waals surface area contributed by atoms with Gasteiger partial charge < -0.3 is 5.11 Å². The van der Waals surface area contributed by atoms with Crippen molar-refractivity contribution in [2.75, 3.05) is 19.7 Å². The maximum absolute atomic E-state index is 8.97. The summed E-state index contributed by atoms with van der Waals surface area (Å²) >= 11 is 0. The average molecular weight is 243 g/mol. The Morgan fingerprint density at radius 3 is 1.82 bits per heavy atom. The van der Waals surface area contributed by atoms with Gasteiger partial charge in [-0.3, -0.25) is 4.90 Å². The number of aliphatic hydroxyl groups excluding tert-OH is 1. The summed E-state index contributed by atoms with van der Waals surface area (Å²) in [4.78, 5) is 2.37. The predicted octanol–water partition coefficient (Wildman–Crippen LogP) is 3.83. The lowest BCUT2D eigenvalue weighted by Crippen LogP contribution is -2.34. The van der Waals surface area contributed by atoms with Gasteiger partial charge in [-0.2, -0.15) is 0 Å². The molecule has 2 nitrogen and oxygen atoms in total. The zero-order valence-corrected chi connectivity index (χ0v) is 12.2. The normalized spacial score (nSPS) is 11.6. The number of rotatable bonds is 12. The van der Waals surface area contributed by atoms with E-state index in [9.17, 15) is 0 Å². The van der Waals surface area contributed by atoms with Gasteiger partial charge in [0, 0.05) is 12.6 Å². The summed E-state index contributed by atoms with van der Waals surface area (Å²) in [5.41, 5.74) is 0. The Morgan fingerprint density at radius 1 is 0.824 bits per heavy atom. The maximum atomic E-state index is 8.97. The molecule has 0 aliphatic carbocycles. The van der Waals surface area contributed by atoms with Crippen molar-refractivity contribution in [1.82, 2.24) is 4.90 Å². The second-order valence-corrected chi connectivity index (χ2v) is 5.33. The standard InChI is InChI=1S/C15H33NO/c1-4-5-6-7-8-9-10-11-12-16(13-14-17)15(2)3/h15,17H,4-14H2,1-3H3. The van der Waals surface area contributed by atoms with Crippen molar-refractivity contribution in [1.29, 1.82) is 0 Å². The van der Waals surface area contributed by atoms with Crippen LogP contribution in [0.1, 0.15) is 72.1 Å². The van der Waals surface area contributed by atoms with Crippen LogP contribution in [0.15, 0.2) is 0 Å². The summed E-state index contributed by atoms with van der Waals surface area (Å²) in [6, 6.07) is 0.562. The first-order valence-corrected chi connectivity index (χ1v) is 7.57. The molecule has 0 saturated carbocycles. The van der Waals surface area contributed by atoms with E-state index in [1.165, 1.54) is 51.4 Å². The molecule has 0 bridgehead atoms. The third-order valence-corrected chi connectivity index (χ3v) is 3.42. The van der Waals surface area contributed by atoms with E-state index in [0.29, 0.717) is 6.04 Å². The Kier molecular flexibility index (Phi) is 12.3. The molecule has 2 heteroatoms. The minimum absolute atomic E-state index is 0.287. The Balaban J connectivity index is 3.30. The quantitative estimate of drug-likeness (QED) is 0.527. The molecule has 0 fully saturated rings. The van der Waals surface area contributed by atoms with E-state index in [-0.39, 0.29) is 6.61 Å². The molecular formula is C15H33NO. The van der Waals surface area contributed by atoms with Crippen LogP contribution in [-0.4, -0.2) is 35.7 Å². The third-order valence-electron chi connectivity index (χ3n) is 3.42. The number of nitrogens with zero attached hydrogens (tertiary/aromatic N) is 1. The molecule has 0 unspecified atom stereocenters. The molecule has 0 rings (SSSR count). The van der Waals surface area contributed by atoms with Crippen molar-refractivity contribution in [2.45, 2.75) is 78.2 Å². The molecule has 0 atom stereocenters. The monoisotopic (exact) mass is 243 g/mol. The van der Waals surface area contributed by atoms with Gasteiger partial charge in [-0.25, -0.2) is 0 Å². The number of hydrogen-bond donors (Lipinski definition) is 1. The smallest absolute Gasteiger partial charge is 0.0558 e. The highest BCUT2D eigenvalue weighted by Gasteiger charge is 2.07. The van der Waals surface area contributed by atoms with E-state index in [2.05, 4.69) is 25.7 Å². The summed E-state index contributed by atoms with van der Waals surface area (Å²) in [6.45, 7) is 8.94. The van der Waals surface area contributed by atoms with Gasteiger partial charge in [0.25, 0.3) is 0 Å². The van der Waals surface area contributed by atoms with Crippen LogP contribution in [0.3, 0.4) is 0 Å². The summed E-state index contributed by atoms with van der Waals surface area (Å²) in [7, 11) is 0. The second-order valence-electron chi connectivity index (χ2n) is 5.33. The highest BCUT2D eigenvalue weighted by molar-refractivity contribution is 4.62. The fraction of sp³-hybridized carbons (Fsp3) is 1.00. The van der Waals surface area contributed by atoms with Gasteiger partial charge in [0.1, 0.15) is 0 Å². The van der Waals surface area contributed by atoms with E-state index in [0.717, 1.165) is 13.1 Å². The van der Waals surface area contributed by atoms with Gasteiger partial charge >= 0.3 is 0 Å². The van der Waals surface area contributed by atoms with E-state index < -0.39 is 0 Å². The molecule has 0 aliphatic heterocycles. The number of hydrogen-bond acceptors (Lipinski definition) is 2. The van der Waals surface area contributed by atoms with Crippen LogP contribution in [0.5, 0.6) is 0 Å². The molecule has 0 aromatic carbocycles. The molecule has 0 saturated heterocycles. The second kappa shape index (κ2) is 12.4. The zero-order chi connectivity index (χ0) is 12.9. The van der Waals surface area contributed by atoms with Crippen molar-refractivity contribution in [3.63, 3.8) is 0 Å². The molecule has 104 valence electrons. The van der Waals surface area contributed by atoms with Crippen LogP contribution in [0.2, 0.25) is 0 Å². The minimum Gasteiger partial charge on any atom is -0.395 e. The minimum atomic E-state index is 0.287. The molecule has 0 aromatic heterocycles. The van der Waals surface area contributed by atoms with Crippen molar-refractivity contribution in [3.8, 4) is 0 Å². The lowest BCUT2D eigenvalue weighted by atomic mass is 10.1. The first-order valence-electron chi connectivity index (χ1n) is 7.57. The average Bonchev–Trinajstić information content (AvgIpc) is 2.31. The Labute approximate surface area is 108 Å². The van der Waals surface area contributed by atoms with Gasteiger partial charge in [-0.1, -0.05) is 51.9 Å². The first-order chi connectivity index (χ1) is 8.22. The summed E-state index contributed by atoms with van der Waals surface area (Å²) in [5, 5.41) is 8.97. The van der Waals surface area contributed by atoms with Crippen LogP contribution in [0.4, 0.5) is 0 Å². The van der Waals surface area contributed by atoms with Crippen LogP contribution < -0.4 is 0 Å². The summed E-state index contributed by atoms with van der Waals surface area (Å²) < 4.78 is 0. The topological polar surface area (TPSA) is 23.5 Å². The van der Waals surface area contributed by atoms with Crippen molar-refractivity contribution in [3.05, 3.63) is 0 Å². The molecule has 0 spiro atoms. The van der Waals surface area contributed by atoms with E-state index in [4.69, 9.17) is 5.11 Å². The lowest BCUT2D eigenvalue weighted by Gasteiger charge is -2.25. The molecule has 0 aromatic rings. The van der Waals surface area contributed by atoms with Crippen molar-refractivity contribution >= 4 is 0 Å². The largest absolute Gasteiger partial charge is 0.395 e. The van der Waals surface area contributed by atoms with Gasteiger partial charge in [0.05, 0.1) is 6.61 Å². The molecular weight excluding hydrogens is 210 g/mol. The first kappa shape index (κ1) is 16.9. The SMILES string of the molecule is CCCCCCCCCCN(CCO)C(C)C.